The number of ether oxygens (including phenoxy) is 4. The number of hydrogen-bond donors (Lipinski definition) is 1. The van der Waals surface area contributed by atoms with Crippen LogP contribution in [0.15, 0.2) is 42.5 Å². The molecule has 1 fully saturated rings. The summed E-state index contributed by atoms with van der Waals surface area (Å²) >= 11 is 0. The second kappa shape index (κ2) is 8.32. The van der Waals surface area contributed by atoms with Crippen LogP contribution in [0.4, 0.5) is 4.79 Å². The molecule has 4 rings (SSSR count). The van der Waals surface area contributed by atoms with E-state index in [9.17, 15) is 14.4 Å². The van der Waals surface area contributed by atoms with Crippen LogP contribution < -0.4 is 14.8 Å². The summed E-state index contributed by atoms with van der Waals surface area (Å²) in [5.41, 5.74) is 1.90. The molecule has 2 aliphatic heterocycles. The Morgan fingerprint density at radius 3 is 2.77 bits per heavy atom. The number of nitrogens with one attached hydrogen (secondary N) is 1. The number of nitrogens with zero attached hydrogens (tertiary/aromatic N) is 1. The number of fused-ring (bicyclic) bond motifs is 1. The minimum Gasteiger partial charge on any atom is -0.465 e. The number of carbonyl (C=O) groups is 3. The molecule has 0 saturated carbocycles. The molecule has 0 radical (unpaired) electrons. The lowest BCUT2D eigenvalue weighted by atomic mass is 10.1. The molecule has 0 aromatic heterocycles. The van der Waals surface area contributed by atoms with Gasteiger partial charge >= 0.3 is 12.1 Å². The Balaban J connectivity index is 1.41. The van der Waals surface area contributed by atoms with E-state index < -0.39 is 18.1 Å². The Morgan fingerprint density at radius 1 is 1.10 bits per heavy atom. The highest BCUT2D eigenvalue weighted by Gasteiger charge is 2.38. The second-order valence-corrected chi connectivity index (χ2v) is 6.82. The monoisotopic (exact) mass is 412 g/mol. The van der Waals surface area contributed by atoms with Gasteiger partial charge in [0.2, 0.25) is 12.7 Å². The molecule has 2 aromatic carbocycles. The topological polar surface area (TPSA) is 103 Å². The van der Waals surface area contributed by atoms with Crippen molar-refractivity contribution in [3.05, 3.63) is 59.2 Å². The highest BCUT2D eigenvalue weighted by Crippen LogP contribution is 2.32. The largest absolute Gasteiger partial charge is 0.465 e. The summed E-state index contributed by atoms with van der Waals surface area (Å²) in [6.45, 7) is 0.541. The molecule has 1 saturated heterocycles. The van der Waals surface area contributed by atoms with Crippen molar-refractivity contribution >= 4 is 18.0 Å². The first kappa shape index (κ1) is 19.6. The molecular weight excluding hydrogens is 392 g/mol. The Bertz CT molecular complexity index is 991. The average Bonchev–Trinajstić information content (AvgIpc) is 3.38. The molecule has 2 aliphatic rings. The van der Waals surface area contributed by atoms with Gasteiger partial charge in [-0.2, -0.15) is 0 Å². The maximum atomic E-state index is 12.7. The first-order valence-corrected chi connectivity index (χ1v) is 9.32. The van der Waals surface area contributed by atoms with Crippen LogP contribution >= 0.6 is 0 Å². The van der Waals surface area contributed by atoms with Crippen LogP contribution in [0.5, 0.6) is 11.5 Å². The van der Waals surface area contributed by atoms with Gasteiger partial charge in [-0.25, -0.2) is 9.59 Å². The van der Waals surface area contributed by atoms with Gasteiger partial charge in [-0.3, -0.25) is 9.69 Å². The van der Waals surface area contributed by atoms with E-state index in [1.807, 2.05) is 6.07 Å². The summed E-state index contributed by atoms with van der Waals surface area (Å²) in [4.78, 5) is 37.9. The molecule has 0 unspecified atom stereocenters. The standard InChI is InChI=1S/C21H20N2O7/c1-27-20(25)15-4-2-3-14(7-15)10-23-16(11-28-21(23)26)19(24)22-9-13-5-6-17-18(8-13)30-12-29-17/h2-8,16H,9-12H2,1H3,(H,22,24)/t16-/m0/s1. The predicted octanol–water partition coefficient (Wildman–Crippen LogP) is 1.84. The van der Waals surface area contributed by atoms with Gasteiger partial charge in [0.1, 0.15) is 12.6 Å². The SMILES string of the molecule is COC(=O)c1cccc(CN2C(=O)OC[C@H]2C(=O)NCc2ccc3c(c2)OCO3)c1. The Hall–Kier alpha value is -3.75. The van der Waals surface area contributed by atoms with E-state index in [0.717, 1.165) is 5.56 Å². The average molecular weight is 412 g/mol. The molecule has 2 aromatic rings. The lowest BCUT2D eigenvalue weighted by Gasteiger charge is -2.21. The number of esters is 1. The van der Waals surface area contributed by atoms with Crippen LogP contribution in [-0.2, 0) is 27.4 Å². The number of carbonyl (C=O) groups excluding carboxylic acids is 3. The summed E-state index contributed by atoms with van der Waals surface area (Å²) in [6, 6.07) is 11.3. The fraction of sp³-hybridized carbons (Fsp3) is 0.286. The fourth-order valence-electron chi connectivity index (χ4n) is 3.31. The third-order valence-corrected chi connectivity index (χ3v) is 4.88. The molecule has 1 atom stereocenters. The van der Waals surface area contributed by atoms with Gasteiger partial charge in [0, 0.05) is 6.54 Å². The summed E-state index contributed by atoms with van der Waals surface area (Å²) in [5.74, 6) is 0.495. The van der Waals surface area contributed by atoms with E-state index in [1.54, 1.807) is 36.4 Å². The van der Waals surface area contributed by atoms with Crippen molar-refractivity contribution < 1.29 is 33.3 Å². The Morgan fingerprint density at radius 2 is 1.93 bits per heavy atom. The molecule has 2 heterocycles. The number of hydrogen-bond acceptors (Lipinski definition) is 7. The third kappa shape index (κ3) is 4.00. The Labute approximate surface area is 172 Å². The maximum Gasteiger partial charge on any atom is 0.410 e. The molecule has 156 valence electrons. The minimum atomic E-state index is -0.770. The van der Waals surface area contributed by atoms with Gasteiger partial charge in [0.05, 0.1) is 19.2 Å². The molecule has 1 N–H and O–H groups in total. The predicted molar refractivity (Wildman–Crippen MR) is 103 cm³/mol. The molecule has 9 nitrogen and oxygen atoms in total. The van der Waals surface area contributed by atoms with E-state index in [2.05, 4.69) is 5.32 Å². The normalized spacial score (nSPS) is 16.9. The van der Waals surface area contributed by atoms with Crippen LogP contribution in [0, 0.1) is 0 Å². The molecule has 0 spiro atoms. The van der Waals surface area contributed by atoms with Crippen LogP contribution in [0.1, 0.15) is 21.5 Å². The number of amides is 2. The maximum absolute atomic E-state index is 12.7. The van der Waals surface area contributed by atoms with Crippen molar-refractivity contribution in [2.24, 2.45) is 0 Å². The van der Waals surface area contributed by atoms with E-state index in [-0.39, 0.29) is 32.4 Å². The zero-order valence-electron chi connectivity index (χ0n) is 16.3. The lowest BCUT2D eigenvalue weighted by Crippen LogP contribution is -2.45. The fourth-order valence-corrected chi connectivity index (χ4v) is 3.31. The zero-order valence-corrected chi connectivity index (χ0v) is 16.3. The van der Waals surface area contributed by atoms with Gasteiger partial charge in [-0.1, -0.05) is 18.2 Å². The van der Waals surface area contributed by atoms with Gasteiger partial charge in [-0.15, -0.1) is 0 Å². The van der Waals surface area contributed by atoms with Crippen molar-refractivity contribution in [1.29, 1.82) is 0 Å². The smallest absolute Gasteiger partial charge is 0.410 e. The molecular formula is C21H20N2O7. The minimum absolute atomic E-state index is 0.0392. The van der Waals surface area contributed by atoms with Crippen molar-refractivity contribution in [3.8, 4) is 11.5 Å². The van der Waals surface area contributed by atoms with Gasteiger partial charge in [-0.05, 0) is 35.4 Å². The first-order valence-electron chi connectivity index (χ1n) is 9.32. The number of rotatable bonds is 6. The quantitative estimate of drug-likeness (QED) is 0.722. The summed E-state index contributed by atoms with van der Waals surface area (Å²) in [7, 11) is 1.30. The highest BCUT2D eigenvalue weighted by molar-refractivity contribution is 5.90. The van der Waals surface area contributed by atoms with Crippen LogP contribution in [-0.4, -0.2) is 49.4 Å². The van der Waals surface area contributed by atoms with Crippen molar-refractivity contribution in [2.45, 2.75) is 19.1 Å². The van der Waals surface area contributed by atoms with E-state index in [4.69, 9.17) is 18.9 Å². The summed E-state index contributed by atoms with van der Waals surface area (Å²) in [5, 5.41) is 2.82. The van der Waals surface area contributed by atoms with Crippen LogP contribution in [0.25, 0.3) is 0 Å². The Kier molecular flexibility index (Phi) is 5.42. The van der Waals surface area contributed by atoms with E-state index in [1.165, 1.54) is 12.0 Å². The highest BCUT2D eigenvalue weighted by atomic mass is 16.7. The third-order valence-electron chi connectivity index (χ3n) is 4.88. The lowest BCUT2D eigenvalue weighted by molar-refractivity contribution is -0.125. The van der Waals surface area contributed by atoms with Crippen molar-refractivity contribution in [3.63, 3.8) is 0 Å². The molecule has 0 aliphatic carbocycles. The second-order valence-electron chi connectivity index (χ2n) is 6.82. The van der Waals surface area contributed by atoms with Crippen molar-refractivity contribution in [2.75, 3.05) is 20.5 Å². The molecule has 30 heavy (non-hydrogen) atoms. The summed E-state index contributed by atoms with van der Waals surface area (Å²) < 4.78 is 20.4. The molecule has 0 bridgehead atoms. The van der Waals surface area contributed by atoms with E-state index in [0.29, 0.717) is 22.6 Å². The van der Waals surface area contributed by atoms with Crippen LogP contribution in [0.2, 0.25) is 0 Å². The van der Waals surface area contributed by atoms with Gasteiger partial charge in [0.15, 0.2) is 11.5 Å². The zero-order chi connectivity index (χ0) is 21.1. The number of cyclic esters (lactones) is 1. The molecule has 9 heteroatoms. The first-order chi connectivity index (χ1) is 14.5. The van der Waals surface area contributed by atoms with E-state index >= 15 is 0 Å². The molecule has 2 amide bonds. The van der Waals surface area contributed by atoms with Gasteiger partial charge in [0.25, 0.3) is 0 Å². The number of benzene rings is 2. The number of methoxy groups -OCH3 is 1. The summed E-state index contributed by atoms with van der Waals surface area (Å²) in [6.07, 6.45) is -0.582. The van der Waals surface area contributed by atoms with Crippen LogP contribution in [0.3, 0.4) is 0 Å². The van der Waals surface area contributed by atoms with Crippen molar-refractivity contribution in [1.82, 2.24) is 10.2 Å². The van der Waals surface area contributed by atoms with Gasteiger partial charge < -0.3 is 24.3 Å².